The van der Waals surface area contributed by atoms with Crippen LogP contribution in [0.15, 0.2) is 42.5 Å². The van der Waals surface area contributed by atoms with Gasteiger partial charge in [-0.2, -0.15) is 0 Å². The van der Waals surface area contributed by atoms with Crippen LogP contribution >= 0.6 is 12.2 Å². The zero-order valence-corrected chi connectivity index (χ0v) is 20.3. The van der Waals surface area contributed by atoms with Crippen molar-refractivity contribution in [1.82, 2.24) is 9.80 Å². The molecule has 1 N–H and O–H groups in total. The van der Waals surface area contributed by atoms with Gasteiger partial charge in [0.1, 0.15) is 6.04 Å². The van der Waals surface area contributed by atoms with Crippen LogP contribution in [0.1, 0.15) is 22.3 Å². The van der Waals surface area contributed by atoms with E-state index in [0.29, 0.717) is 40.8 Å². The number of anilines is 1. The average molecular weight is 486 g/mol. The Labute approximate surface area is 203 Å². The number of benzene rings is 2. The van der Waals surface area contributed by atoms with Crippen LogP contribution in [0, 0.1) is 0 Å². The van der Waals surface area contributed by atoms with E-state index in [1.165, 1.54) is 12.0 Å². The van der Waals surface area contributed by atoms with Gasteiger partial charge in [-0.1, -0.05) is 6.07 Å². The highest BCUT2D eigenvalue weighted by Gasteiger charge is 2.41. The van der Waals surface area contributed by atoms with Crippen molar-refractivity contribution >= 4 is 40.8 Å². The summed E-state index contributed by atoms with van der Waals surface area (Å²) < 4.78 is 15.3. The van der Waals surface area contributed by atoms with Crippen LogP contribution in [0.5, 0.6) is 11.5 Å². The lowest BCUT2D eigenvalue weighted by atomic mass is 10.1. The molecule has 2 amide bonds. The van der Waals surface area contributed by atoms with Gasteiger partial charge in [-0.05, 0) is 60.6 Å². The molecule has 2 aromatic carbocycles. The maximum atomic E-state index is 12.8. The molecule has 34 heavy (non-hydrogen) atoms. The minimum absolute atomic E-state index is 0.0615. The van der Waals surface area contributed by atoms with E-state index in [1.807, 2.05) is 18.2 Å². The van der Waals surface area contributed by atoms with Crippen molar-refractivity contribution in [2.45, 2.75) is 18.9 Å². The lowest BCUT2D eigenvalue weighted by Crippen LogP contribution is -2.39. The van der Waals surface area contributed by atoms with E-state index < -0.39 is 12.0 Å². The molecule has 1 heterocycles. The molecule has 3 rings (SSSR count). The van der Waals surface area contributed by atoms with Crippen LogP contribution in [0.4, 0.5) is 5.69 Å². The molecule has 180 valence electrons. The Bertz CT molecular complexity index is 1090. The SMILES string of the molecule is COC(=O)c1ccc(NC(=O)CC2C(=O)N(C)C(=S)N2CCc2ccc(OC)c(OC)c2)cc1. The number of hydrogen-bond donors (Lipinski definition) is 1. The van der Waals surface area contributed by atoms with Gasteiger partial charge in [0.25, 0.3) is 5.91 Å². The number of likely N-dealkylation sites (N-methyl/N-ethyl adjacent to an activating group) is 1. The molecule has 1 aliphatic rings. The van der Waals surface area contributed by atoms with Crippen molar-refractivity contribution in [2.75, 3.05) is 40.2 Å². The number of methoxy groups -OCH3 is 3. The normalized spacial score (nSPS) is 15.4. The van der Waals surface area contributed by atoms with Crippen molar-refractivity contribution in [3.63, 3.8) is 0 Å². The topological polar surface area (TPSA) is 97.4 Å². The van der Waals surface area contributed by atoms with Crippen molar-refractivity contribution in [3.05, 3.63) is 53.6 Å². The molecule has 2 aromatic rings. The molecular formula is C24H27N3O6S. The molecule has 1 saturated heterocycles. The molecule has 1 atom stereocenters. The summed E-state index contributed by atoms with van der Waals surface area (Å²) in [5.41, 5.74) is 1.87. The standard InChI is InChI=1S/C24H27N3O6S/c1-26-22(29)18(14-21(28)25-17-8-6-16(7-9-17)23(30)33-4)27(24(26)34)12-11-15-5-10-19(31-2)20(13-15)32-3/h5-10,13,18H,11-12,14H2,1-4H3,(H,25,28). The molecule has 9 nitrogen and oxygen atoms in total. The summed E-state index contributed by atoms with van der Waals surface area (Å²) >= 11 is 5.46. The summed E-state index contributed by atoms with van der Waals surface area (Å²) in [6.45, 7) is 0.455. The third kappa shape index (κ3) is 5.45. The molecule has 1 fully saturated rings. The Balaban J connectivity index is 1.67. The van der Waals surface area contributed by atoms with E-state index in [0.717, 1.165) is 5.56 Å². The van der Waals surface area contributed by atoms with Crippen LogP contribution in [-0.2, 0) is 20.7 Å². The van der Waals surface area contributed by atoms with Crippen molar-refractivity contribution in [1.29, 1.82) is 0 Å². The molecule has 1 aliphatic heterocycles. The quantitative estimate of drug-likeness (QED) is 0.428. The number of nitrogens with one attached hydrogen (secondary N) is 1. The second kappa shape index (κ2) is 11.0. The van der Waals surface area contributed by atoms with Crippen molar-refractivity contribution < 1.29 is 28.6 Å². The number of carbonyl (C=O) groups is 3. The third-order valence-corrected chi connectivity index (χ3v) is 6.09. The zero-order valence-electron chi connectivity index (χ0n) is 19.5. The second-order valence-electron chi connectivity index (χ2n) is 7.65. The number of nitrogens with zero attached hydrogens (tertiary/aromatic N) is 2. The molecule has 0 bridgehead atoms. The smallest absolute Gasteiger partial charge is 0.337 e. The van der Waals surface area contributed by atoms with Crippen LogP contribution < -0.4 is 14.8 Å². The first kappa shape index (κ1) is 25.0. The van der Waals surface area contributed by atoms with Gasteiger partial charge < -0.3 is 24.4 Å². The molecule has 0 spiro atoms. The Morgan fingerprint density at radius 2 is 1.71 bits per heavy atom. The monoisotopic (exact) mass is 485 g/mol. The number of esters is 1. The van der Waals surface area contributed by atoms with Crippen LogP contribution in [0.3, 0.4) is 0 Å². The van der Waals surface area contributed by atoms with Gasteiger partial charge in [0.05, 0.1) is 33.3 Å². The van der Waals surface area contributed by atoms with Gasteiger partial charge >= 0.3 is 5.97 Å². The van der Waals surface area contributed by atoms with Crippen molar-refractivity contribution in [3.8, 4) is 11.5 Å². The summed E-state index contributed by atoms with van der Waals surface area (Å²) in [5.74, 6) is 0.223. The Morgan fingerprint density at radius 3 is 2.32 bits per heavy atom. The van der Waals surface area contributed by atoms with E-state index in [-0.39, 0.29) is 18.2 Å². The van der Waals surface area contributed by atoms with Gasteiger partial charge in [-0.15, -0.1) is 0 Å². The minimum atomic E-state index is -0.702. The Hall–Kier alpha value is -3.66. The summed E-state index contributed by atoms with van der Waals surface area (Å²) in [7, 11) is 6.06. The first-order chi connectivity index (χ1) is 16.3. The zero-order chi connectivity index (χ0) is 24.8. The van der Waals surface area contributed by atoms with Crippen LogP contribution in [0.2, 0.25) is 0 Å². The molecule has 0 aliphatic carbocycles. The number of hydrogen-bond acceptors (Lipinski definition) is 7. The molecule has 10 heteroatoms. The van der Waals surface area contributed by atoms with E-state index in [4.69, 9.17) is 21.7 Å². The fourth-order valence-electron chi connectivity index (χ4n) is 3.71. The van der Waals surface area contributed by atoms with Gasteiger partial charge in [-0.3, -0.25) is 14.5 Å². The van der Waals surface area contributed by atoms with E-state index in [2.05, 4.69) is 10.1 Å². The molecule has 0 saturated carbocycles. The number of ether oxygens (including phenoxy) is 3. The molecule has 0 aromatic heterocycles. The summed E-state index contributed by atoms with van der Waals surface area (Å²) in [4.78, 5) is 40.2. The van der Waals surface area contributed by atoms with Crippen LogP contribution in [0.25, 0.3) is 0 Å². The predicted molar refractivity (Wildman–Crippen MR) is 130 cm³/mol. The number of rotatable bonds is 9. The summed E-state index contributed by atoms with van der Waals surface area (Å²) in [5, 5.41) is 3.14. The minimum Gasteiger partial charge on any atom is -0.493 e. The lowest BCUT2D eigenvalue weighted by molar-refractivity contribution is -0.130. The number of carbonyl (C=O) groups excluding carboxylic acids is 3. The molecular weight excluding hydrogens is 458 g/mol. The van der Waals surface area contributed by atoms with Gasteiger partial charge in [0.2, 0.25) is 5.91 Å². The van der Waals surface area contributed by atoms with Gasteiger partial charge in [0, 0.05) is 19.3 Å². The fourth-order valence-corrected chi connectivity index (χ4v) is 4.02. The first-order valence-electron chi connectivity index (χ1n) is 10.6. The van der Waals surface area contributed by atoms with Gasteiger partial charge in [-0.25, -0.2) is 4.79 Å². The second-order valence-corrected chi connectivity index (χ2v) is 8.01. The Kier molecular flexibility index (Phi) is 8.06. The first-order valence-corrected chi connectivity index (χ1v) is 11.0. The Morgan fingerprint density at radius 1 is 1.03 bits per heavy atom. The maximum absolute atomic E-state index is 12.8. The summed E-state index contributed by atoms with van der Waals surface area (Å²) in [6.07, 6.45) is 0.530. The highest BCUT2D eigenvalue weighted by atomic mass is 32.1. The van der Waals surface area contributed by atoms with E-state index in [9.17, 15) is 14.4 Å². The fraction of sp³-hybridized carbons (Fsp3) is 0.333. The summed E-state index contributed by atoms with van der Waals surface area (Å²) in [6, 6.07) is 11.2. The maximum Gasteiger partial charge on any atom is 0.337 e. The van der Waals surface area contributed by atoms with Gasteiger partial charge in [0.15, 0.2) is 16.6 Å². The number of thiocarbonyl (C=S) groups is 1. The lowest BCUT2D eigenvalue weighted by Gasteiger charge is -2.23. The average Bonchev–Trinajstić information content (AvgIpc) is 3.05. The highest BCUT2D eigenvalue weighted by Crippen LogP contribution is 2.28. The van der Waals surface area contributed by atoms with E-state index in [1.54, 1.807) is 50.4 Å². The largest absolute Gasteiger partial charge is 0.493 e. The number of amides is 2. The predicted octanol–water partition coefficient (Wildman–Crippen LogP) is 2.49. The van der Waals surface area contributed by atoms with Crippen LogP contribution in [-0.4, -0.2) is 73.7 Å². The van der Waals surface area contributed by atoms with E-state index >= 15 is 0 Å². The molecule has 1 unspecified atom stereocenters. The van der Waals surface area contributed by atoms with Crippen molar-refractivity contribution in [2.24, 2.45) is 0 Å². The molecule has 0 radical (unpaired) electrons. The highest BCUT2D eigenvalue weighted by molar-refractivity contribution is 7.80. The third-order valence-electron chi connectivity index (χ3n) is 5.58.